The summed E-state index contributed by atoms with van der Waals surface area (Å²) in [5.41, 5.74) is -2.55. The highest BCUT2D eigenvalue weighted by molar-refractivity contribution is 7.89. The van der Waals surface area contributed by atoms with Gasteiger partial charge in [0.15, 0.2) is 5.54 Å². The van der Waals surface area contributed by atoms with Crippen LogP contribution in [0.4, 0.5) is 0 Å². The first-order chi connectivity index (χ1) is 11.7. The molecule has 4 rings (SSSR count). The van der Waals surface area contributed by atoms with Gasteiger partial charge < -0.3 is 4.74 Å². The van der Waals surface area contributed by atoms with E-state index < -0.39 is 32.7 Å². The maximum absolute atomic E-state index is 13.3. The van der Waals surface area contributed by atoms with Gasteiger partial charge in [-0.05, 0) is 38.5 Å². The summed E-state index contributed by atoms with van der Waals surface area (Å²) in [7, 11) is -3.86. The number of carbonyl (C=O) groups is 1. The second-order valence-corrected chi connectivity index (χ2v) is 8.92. The first-order valence-electron chi connectivity index (χ1n) is 8.10. The predicted octanol–water partition coefficient (Wildman–Crippen LogP) is 2.68. The molecule has 2 aromatic rings. The number of hydrogen-bond acceptors (Lipinski definition) is 4. The number of carbonyl (C=O) groups excluding carboxylic acids is 1. The molecule has 2 aliphatic heterocycles. The minimum absolute atomic E-state index is 0.171. The highest BCUT2D eigenvalue weighted by Gasteiger charge is 2.92. The Hall–Kier alpha value is -2.18. The number of hydrogen-bond donors (Lipinski definition) is 0. The standard InChI is InChI=1S/C19H19NO4S/c1-17(2)19(14-10-6-4-7-11-14)18(3,16(21)24-17)20(19)25(22,23)15-12-8-5-9-13-15/h4-13H,1-3H3/t18-,19+,20?/m0/s1. The van der Waals surface area contributed by atoms with Gasteiger partial charge in [0.25, 0.3) is 0 Å². The SMILES string of the molecule is CC1(C)OC(=O)[C@]2(C)N(S(=O)(=O)c3ccccc3)[C@]12c1ccccc1. The molecule has 0 N–H and O–H groups in total. The minimum atomic E-state index is -3.86. The first-order valence-corrected chi connectivity index (χ1v) is 9.54. The molecule has 1 unspecified atom stereocenters. The molecule has 0 spiro atoms. The topological polar surface area (TPSA) is 63.5 Å². The van der Waals surface area contributed by atoms with Crippen LogP contribution in [0.2, 0.25) is 0 Å². The Balaban J connectivity index is 1.98. The Kier molecular flexibility index (Phi) is 3.07. The average Bonchev–Trinajstić information content (AvgIpc) is 3.16. The fourth-order valence-electron chi connectivity index (χ4n) is 4.45. The molecule has 0 aromatic heterocycles. The van der Waals surface area contributed by atoms with Crippen LogP contribution in [0.5, 0.6) is 0 Å². The maximum Gasteiger partial charge on any atom is 0.330 e. The van der Waals surface area contributed by atoms with Crippen LogP contribution in [-0.2, 0) is 25.1 Å². The van der Waals surface area contributed by atoms with Crippen molar-refractivity contribution in [1.82, 2.24) is 4.31 Å². The Labute approximate surface area is 147 Å². The van der Waals surface area contributed by atoms with E-state index in [4.69, 9.17) is 4.74 Å². The predicted molar refractivity (Wildman–Crippen MR) is 92.2 cm³/mol. The average molecular weight is 357 g/mol. The summed E-state index contributed by atoms with van der Waals surface area (Å²) < 4.78 is 33.6. The van der Waals surface area contributed by atoms with Crippen LogP contribution < -0.4 is 0 Å². The Morgan fingerprint density at radius 1 is 0.880 bits per heavy atom. The van der Waals surface area contributed by atoms with Gasteiger partial charge in [0.2, 0.25) is 10.0 Å². The van der Waals surface area contributed by atoms with Crippen molar-refractivity contribution in [3.8, 4) is 0 Å². The molecular weight excluding hydrogens is 338 g/mol. The Bertz CT molecular complexity index is 955. The third-order valence-corrected chi connectivity index (χ3v) is 7.44. The Morgan fingerprint density at radius 3 is 1.96 bits per heavy atom. The molecule has 0 saturated carbocycles. The third-order valence-electron chi connectivity index (χ3n) is 5.45. The maximum atomic E-state index is 13.3. The summed E-state index contributed by atoms with van der Waals surface area (Å²) in [6.07, 6.45) is 0. The van der Waals surface area contributed by atoms with Crippen LogP contribution in [0.1, 0.15) is 26.3 Å². The molecular formula is C19H19NO4S. The van der Waals surface area contributed by atoms with E-state index in [-0.39, 0.29) is 4.90 Å². The number of morpholine rings is 1. The lowest BCUT2D eigenvalue weighted by Crippen LogP contribution is -2.42. The van der Waals surface area contributed by atoms with Crippen molar-refractivity contribution in [3.63, 3.8) is 0 Å². The van der Waals surface area contributed by atoms with Crippen molar-refractivity contribution in [1.29, 1.82) is 0 Å². The van der Waals surface area contributed by atoms with Gasteiger partial charge in [0.05, 0.1) is 4.90 Å². The summed E-state index contributed by atoms with van der Waals surface area (Å²) >= 11 is 0. The smallest absolute Gasteiger partial charge is 0.330 e. The second-order valence-electron chi connectivity index (χ2n) is 7.13. The molecule has 2 aliphatic rings. The lowest BCUT2D eigenvalue weighted by molar-refractivity contribution is -0.155. The summed E-state index contributed by atoms with van der Waals surface area (Å²) in [4.78, 5) is 12.9. The van der Waals surface area contributed by atoms with Crippen LogP contribution in [0.25, 0.3) is 0 Å². The highest BCUT2D eigenvalue weighted by atomic mass is 32.2. The molecule has 0 radical (unpaired) electrons. The van der Waals surface area contributed by atoms with Gasteiger partial charge in [-0.2, -0.15) is 4.31 Å². The summed E-state index contributed by atoms with van der Waals surface area (Å²) in [5, 5.41) is 0. The number of benzene rings is 2. The number of fused-ring (bicyclic) bond motifs is 1. The molecule has 3 atom stereocenters. The van der Waals surface area contributed by atoms with Crippen LogP contribution in [0, 0.1) is 0 Å². The summed E-state index contributed by atoms with van der Waals surface area (Å²) in [5.74, 6) is -0.513. The third kappa shape index (κ3) is 1.71. The van der Waals surface area contributed by atoms with Crippen LogP contribution in [0.15, 0.2) is 65.6 Å². The zero-order valence-corrected chi connectivity index (χ0v) is 15.1. The number of nitrogens with zero attached hydrogens (tertiary/aromatic N) is 1. The van der Waals surface area contributed by atoms with Crippen LogP contribution >= 0.6 is 0 Å². The molecule has 5 nitrogen and oxygen atoms in total. The largest absolute Gasteiger partial charge is 0.456 e. The lowest BCUT2D eigenvalue weighted by atomic mass is 9.78. The zero-order chi connectivity index (χ0) is 18.1. The summed E-state index contributed by atoms with van der Waals surface area (Å²) in [6, 6.07) is 17.4. The zero-order valence-electron chi connectivity index (χ0n) is 14.3. The molecule has 0 bridgehead atoms. The minimum Gasteiger partial charge on any atom is -0.456 e. The molecule has 0 amide bonds. The van der Waals surface area contributed by atoms with E-state index in [1.54, 1.807) is 51.1 Å². The number of ether oxygens (including phenoxy) is 1. The van der Waals surface area contributed by atoms with Gasteiger partial charge >= 0.3 is 5.97 Å². The van der Waals surface area contributed by atoms with E-state index in [9.17, 15) is 13.2 Å². The van der Waals surface area contributed by atoms with Gasteiger partial charge in [-0.3, -0.25) is 0 Å². The van der Waals surface area contributed by atoms with Crippen LogP contribution in [0.3, 0.4) is 0 Å². The van der Waals surface area contributed by atoms with Gasteiger partial charge in [-0.1, -0.05) is 48.5 Å². The number of cyclic esters (lactones) is 1. The quantitative estimate of drug-likeness (QED) is 0.626. The van der Waals surface area contributed by atoms with Crippen molar-refractivity contribution in [2.45, 2.75) is 42.3 Å². The van der Waals surface area contributed by atoms with Crippen molar-refractivity contribution < 1.29 is 17.9 Å². The van der Waals surface area contributed by atoms with Crippen molar-refractivity contribution in [2.75, 3.05) is 0 Å². The molecule has 130 valence electrons. The lowest BCUT2D eigenvalue weighted by Gasteiger charge is -2.31. The Morgan fingerprint density at radius 2 is 1.40 bits per heavy atom. The van der Waals surface area contributed by atoms with E-state index in [1.165, 1.54) is 4.31 Å². The monoisotopic (exact) mass is 357 g/mol. The fourth-order valence-corrected chi connectivity index (χ4v) is 6.67. The first kappa shape index (κ1) is 16.3. The molecule has 0 aliphatic carbocycles. The van der Waals surface area contributed by atoms with Gasteiger partial charge in [-0.25, -0.2) is 13.2 Å². The van der Waals surface area contributed by atoms with E-state index in [0.29, 0.717) is 0 Å². The van der Waals surface area contributed by atoms with Crippen molar-refractivity contribution in [2.24, 2.45) is 0 Å². The van der Waals surface area contributed by atoms with Crippen LogP contribution in [-0.4, -0.2) is 29.8 Å². The summed E-state index contributed by atoms with van der Waals surface area (Å²) in [6.45, 7) is 5.19. The molecule has 2 saturated heterocycles. The molecule has 2 heterocycles. The van der Waals surface area contributed by atoms with Crippen molar-refractivity contribution >= 4 is 16.0 Å². The number of sulfonamides is 1. The van der Waals surface area contributed by atoms with Gasteiger partial charge in [0.1, 0.15) is 11.1 Å². The van der Waals surface area contributed by atoms with E-state index in [1.807, 2.05) is 30.3 Å². The van der Waals surface area contributed by atoms with E-state index >= 15 is 0 Å². The molecule has 25 heavy (non-hydrogen) atoms. The fraction of sp³-hybridized carbons (Fsp3) is 0.316. The van der Waals surface area contributed by atoms with Gasteiger partial charge in [0, 0.05) is 0 Å². The van der Waals surface area contributed by atoms with Gasteiger partial charge in [-0.15, -0.1) is 0 Å². The van der Waals surface area contributed by atoms with E-state index in [2.05, 4.69) is 0 Å². The molecule has 2 fully saturated rings. The van der Waals surface area contributed by atoms with Crippen molar-refractivity contribution in [3.05, 3.63) is 66.2 Å². The normalized spacial score (nSPS) is 32.8. The second kappa shape index (κ2) is 4.71. The number of esters is 1. The van der Waals surface area contributed by atoms with E-state index in [0.717, 1.165) is 5.56 Å². The molecule has 6 heteroatoms. The molecule has 2 aromatic carbocycles. The number of rotatable bonds is 3. The highest BCUT2D eigenvalue weighted by Crippen LogP contribution is 2.71.